The van der Waals surface area contributed by atoms with Gasteiger partial charge in [0.2, 0.25) is 0 Å². The van der Waals surface area contributed by atoms with Crippen LogP contribution in [-0.4, -0.2) is 40.6 Å². The molecule has 8 heteroatoms. The lowest BCUT2D eigenvalue weighted by Gasteiger charge is -2.46. The number of benzene rings is 1. The van der Waals surface area contributed by atoms with Gasteiger partial charge in [-0.1, -0.05) is 42.5 Å². The van der Waals surface area contributed by atoms with Crippen molar-refractivity contribution in [2.24, 2.45) is 5.41 Å². The fourth-order valence-corrected chi connectivity index (χ4v) is 4.56. The number of fused-ring (bicyclic) bond motifs is 2. The van der Waals surface area contributed by atoms with E-state index < -0.39 is 23.4 Å². The fourth-order valence-electron chi connectivity index (χ4n) is 4.56. The second kappa shape index (κ2) is 9.51. The largest absolute Gasteiger partial charge is 0.465 e. The maximum atomic E-state index is 13.6. The highest BCUT2D eigenvalue weighted by Crippen LogP contribution is 2.43. The van der Waals surface area contributed by atoms with Crippen molar-refractivity contribution in [3.05, 3.63) is 88.9 Å². The first-order valence-electron chi connectivity index (χ1n) is 11.3. The molecule has 0 saturated carbocycles. The molecule has 0 radical (unpaired) electrons. The number of anilines is 1. The Balaban J connectivity index is 2.02. The van der Waals surface area contributed by atoms with E-state index in [9.17, 15) is 14.4 Å². The Bertz CT molecular complexity index is 1270. The van der Waals surface area contributed by atoms with Crippen molar-refractivity contribution in [2.75, 3.05) is 18.1 Å². The smallest absolute Gasteiger partial charge is 0.326 e. The Hall–Kier alpha value is -3.94. The van der Waals surface area contributed by atoms with Crippen LogP contribution in [-0.2, 0) is 32.0 Å². The zero-order valence-corrected chi connectivity index (χ0v) is 19.3. The fraction of sp³-hybridized carbons (Fsp3) is 0.308. The van der Waals surface area contributed by atoms with E-state index in [1.807, 2.05) is 30.3 Å². The summed E-state index contributed by atoms with van der Waals surface area (Å²) in [6, 6.07) is 14.0. The first-order chi connectivity index (χ1) is 16.5. The number of esters is 2. The number of nitrogens with zero attached hydrogens (tertiary/aromatic N) is 3. The minimum atomic E-state index is -1.81. The van der Waals surface area contributed by atoms with E-state index in [1.165, 1.54) is 10.5 Å². The van der Waals surface area contributed by atoms with Crippen molar-refractivity contribution in [3.63, 3.8) is 0 Å². The molecule has 1 unspecified atom stereocenters. The number of pyridine rings is 1. The monoisotopic (exact) mass is 461 g/mol. The summed E-state index contributed by atoms with van der Waals surface area (Å²) >= 11 is 0. The molecule has 0 N–H and O–H groups in total. The number of carbonyl (C=O) groups is 2. The molecule has 176 valence electrons. The van der Waals surface area contributed by atoms with Crippen LogP contribution >= 0.6 is 0 Å². The van der Waals surface area contributed by atoms with Crippen molar-refractivity contribution in [1.29, 1.82) is 0 Å². The first-order valence-corrected chi connectivity index (χ1v) is 11.3. The van der Waals surface area contributed by atoms with Crippen molar-refractivity contribution in [1.82, 2.24) is 9.38 Å². The number of hydrogen-bond acceptors (Lipinski definition) is 7. The Kier molecular flexibility index (Phi) is 6.49. The third-order valence-electron chi connectivity index (χ3n) is 6.07. The number of carbonyl (C=O) groups excluding carboxylic acids is 2. The molecule has 34 heavy (non-hydrogen) atoms. The Labute approximate surface area is 197 Å². The van der Waals surface area contributed by atoms with E-state index in [0.717, 1.165) is 5.56 Å². The highest BCUT2D eigenvalue weighted by molar-refractivity contribution is 6.03. The van der Waals surface area contributed by atoms with Gasteiger partial charge in [-0.05, 0) is 31.5 Å². The summed E-state index contributed by atoms with van der Waals surface area (Å²) in [4.78, 5) is 47.1. The summed E-state index contributed by atoms with van der Waals surface area (Å²) in [7, 11) is 0. The molecule has 8 nitrogen and oxygen atoms in total. The minimum absolute atomic E-state index is 0.0738. The highest BCUT2D eigenvalue weighted by atomic mass is 16.6. The number of rotatable bonds is 7. The molecular formula is C26H27N3O5. The molecule has 1 atom stereocenters. The predicted molar refractivity (Wildman–Crippen MR) is 127 cm³/mol. The number of aromatic nitrogens is 2. The van der Waals surface area contributed by atoms with Crippen LogP contribution < -0.4 is 10.5 Å². The predicted octanol–water partition coefficient (Wildman–Crippen LogP) is 2.92. The van der Waals surface area contributed by atoms with Gasteiger partial charge >= 0.3 is 11.9 Å². The molecule has 1 aromatic carbocycles. The van der Waals surface area contributed by atoms with Gasteiger partial charge in [-0.3, -0.25) is 18.8 Å². The lowest BCUT2D eigenvalue weighted by atomic mass is 9.71. The summed E-state index contributed by atoms with van der Waals surface area (Å²) < 4.78 is 12.2. The molecule has 1 aliphatic rings. The van der Waals surface area contributed by atoms with Crippen LogP contribution in [0, 0.1) is 5.41 Å². The maximum absolute atomic E-state index is 13.6. The summed E-state index contributed by atoms with van der Waals surface area (Å²) in [5.74, 6) is -1.09. The van der Waals surface area contributed by atoms with Gasteiger partial charge in [0.1, 0.15) is 11.5 Å². The molecule has 1 aliphatic heterocycles. The molecule has 4 rings (SSSR count). The molecule has 0 amide bonds. The second-order valence-electron chi connectivity index (χ2n) is 8.03. The van der Waals surface area contributed by atoms with Crippen molar-refractivity contribution in [3.8, 4) is 0 Å². The van der Waals surface area contributed by atoms with Crippen LogP contribution in [0.2, 0.25) is 0 Å². The average molecular weight is 462 g/mol. The summed E-state index contributed by atoms with van der Waals surface area (Å²) in [6.07, 6.45) is 2.95. The standard InChI is InChI=1S/C26H27N3O5/c1-4-20-26(24(31)33-5-2,25(32)34-6-3)16-19-22(29(20)17-18-12-8-7-9-13-18)27-21-14-10-11-15-28(21)23(19)30/h4,7-15,20H,1,5-6,16-17H2,2-3H3. The molecule has 2 aromatic heterocycles. The van der Waals surface area contributed by atoms with E-state index in [4.69, 9.17) is 14.5 Å². The van der Waals surface area contributed by atoms with Gasteiger partial charge in [-0.15, -0.1) is 6.58 Å². The van der Waals surface area contributed by atoms with Gasteiger partial charge in [0.05, 0.1) is 24.8 Å². The summed E-state index contributed by atoms with van der Waals surface area (Å²) in [5.41, 5.74) is -0.525. The van der Waals surface area contributed by atoms with Crippen LogP contribution in [0.4, 0.5) is 5.82 Å². The van der Waals surface area contributed by atoms with Gasteiger partial charge in [0, 0.05) is 19.2 Å². The summed E-state index contributed by atoms with van der Waals surface area (Å²) in [6.45, 7) is 7.72. The van der Waals surface area contributed by atoms with Crippen molar-refractivity contribution >= 4 is 23.4 Å². The molecule has 0 bridgehead atoms. The molecule has 3 heterocycles. The Morgan fingerprint density at radius 1 is 1.09 bits per heavy atom. The van der Waals surface area contributed by atoms with Crippen LogP contribution in [0.5, 0.6) is 0 Å². The third-order valence-corrected chi connectivity index (χ3v) is 6.07. The van der Waals surface area contributed by atoms with Gasteiger partial charge in [-0.25, -0.2) is 4.98 Å². The number of ether oxygens (including phenoxy) is 2. The number of hydrogen-bond donors (Lipinski definition) is 0. The average Bonchev–Trinajstić information content (AvgIpc) is 2.85. The zero-order chi connectivity index (χ0) is 24.3. The topological polar surface area (TPSA) is 90.2 Å². The van der Waals surface area contributed by atoms with E-state index in [1.54, 1.807) is 43.1 Å². The van der Waals surface area contributed by atoms with Crippen LogP contribution in [0.15, 0.2) is 72.2 Å². The van der Waals surface area contributed by atoms with Gasteiger partial charge in [0.15, 0.2) is 5.41 Å². The highest BCUT2D eigenvalue weighted by Gasteiger charge is 2.59. The molecule has 0 fully saturated rings. The second-order valence-corrected chi connectivity index (χ2v) is 8.03. The van der Waals surface area contributed by atoms with Crippen molar-refractivity contribution < 1.29 is 19.1 Å². The third kappa shape index (κ3) is 3.75. The Morgan fingerprint density at radius 2 is 1.74 bits per heavy atom. The van der Waals surface area contributed by atoms with E-state index >= 15 is 0 Å². The lowest BCUT2D eigenvalue weighted by Crippen LogP contribution is -2.61. The molecule has 3 aromatic rings. The van der Waals surface area contributed by atoms with E-state index in [2.05, 4.69) is 6.58 Å². The lowest BCUT2D eigenvalue weighted by molar-refractivity contribution is -0.173. The molecule has 0 spiro atoms. The minimum Gasteiger partial charge on any atom is -0.465 e. The maximum Gasteiger partial charge on any atom is 0.326 e. The van der Waals surface area contributed by atoms with Crippen LogP contribution in [0.3, 0.4) is 0 Å². The normalized spacial score (nSPS) is 16.5. The molecular weight excluding hydrogens is 434 g/mol. The van der Waals surface area contributed by atoms with E-state index in [-0.39, 0.29) is 30.8 Å². The quantitative estimate of drug-likeness (QED) is 0.304. The van der Waals surface area contributed by atoms with Gasteiger partial charge < -0.3 is 14.4 Å². The van der Waals surface area contributed by atoms with E-state index in [0.29, 0.717) is 18.0 Å². The van der Waals surface area contributed by atoms with Crippen molar-refractivity contribution in [2.45, 2.75) is 32.9 Å². The van der Waals surface area contributed by atoms with Gasteiger partial charge in [0.25, 0.3) is 5.56 Å². The SMILES string of the molecule is C=CC1N(Cc2ccccc2)c2nc3ccccn3c(=O)c2CC1(C(=O)OCC)C(=O)OCC. The Morgan fingerprint density at radius 3 is 2.35 bits per heavy atom. The molecule has 0 saturated heterocycles. The van der Waals surface area contributed by atoms with Crippen LogP contribution in [0.1, 0.15) is 25.0 Å². The first kappa shape index (κ1) is 23.2. The molecule has 0 aliphatic carbocycles. The zero-order valence-electron chi connectivity index (χ0n) is 19.3. The summed E-state index contributed by atoms with van der Waals surface area (Å²) in [5, 5.41) is 0. The van der Waals surface area contributed by atoms with Gasteiger partial charge in [-0.2, -0.15) is 0 Å². The van der Waals surface area contributed by atoms with Crippen LogP contribution in [0.25, 0.3) is 5.65 Å².